The van der Waals surface area contributed by atoms with E-state index in [4.69, 9.17) is 9.47 Å². The van der Waals surface area contributed by atoms with Crippen molar-refractivity contribution in [1.82, 2.24) is 20.2 Å². The number of allylic oxidation sites excluding steroid dienone is 2. The highest BCUT2D eigenvalue weighted by atomic mass is 16.5. The van der Waals surface area contributed by atoms with Crippen LogP contribution < -0.4 is 14.8 Å². The van der Waals surface area contributed by atoms with E-state index in [2.05, 4.69) is 20.8 Å². The van der Waals surface area contributed by atoms with Gasteiger partial charge in [-0.05, 0) is 46.5 Å². The summed E-state index contributed by atoms with van der Waals surface area (Å²) in [6.45, 7) is 0.439. The van der Waals surface area contributed by atoms with E-state index in [-0.39, 0.29) is 5.78 Å². The molecule has 0 unspecified atom stereocenters. The van der Waals surface area contributed by atoms with E-state index in [1.807, 2.05) is 48.5 Å². The average Bonchev–Trinajstić information content (AvgIpc) is 3.25. The number of Topliss-reactive ketones (excluding diaryl/α,β-unsaturated/α-hetero) is 1. The summed E-state index contributed by atoms with van der Waals surface area (Å²) in [5, 5.41) is 15.2. The molecule has 0 saturated carbocycles. The van der Waals surface area contributed by atoms with Gasteiger partial charge in [0.25, 0.3) is 0 Å². The number of rotatable bonds is 5. The molecule has 1 atom stereocenters. The van der Waals surface area contributed by atoms with Crippen molar-refractivity contribution in [3.63, 3.8) is 0 Å². The van der Waals surface area contributed by atoms with Crippen LogP contribution in [0.25, 0.3) is 0 Å². The summed E-state index contributed by atoms with van der Waals surface area (Å²) in [5.41, 5.74) is 3.57. The summed E-state index contributed by atoms with van der Waals surface area (Å²) < 4.78 is 13.2. The molecule has 30 heavy (non-hydrogen) atoms. The van der Waals surface area contributed by atoms with E-state index in [1.165, 1.54) is 0 Å². The third kappa shape index (κ3) is 3.20. The smallest absolute Gasteiger partial charge is 0.248 e. The fraction of sp³-hybridized carbons (Fsp3) is 0.273. The molecule has 8 heteroatoms. The van der Waals surface area contributed by atoms with Crippen LogP contribution in [-0.4, -0.2) is 33.1 Å². The summed E-state index contributed by atoms with van der Waals surface area (Å²) in [6, 6.07) is 15.3. The van der Waals surface area contributed by atoms with Gasteiger partial charge in [-0.15, -0.1) is 0 Å². The number of aromatic nitrogens is 4. The number of hydrogen-bond acceptors (Lipinski definition) is 7. The van der Waals surface area contributed by atoms with Gasteiger partial charge in [-0.2, -0.15) is 4.68 Å². The van der Waals surface area contributed by atoms with Gasteiger partial charge in [0.05, 0.1) is 7.11 Å². The van der Waals surface area contributed by atoms with Crippen LogP contribution in [0, 0.1) is 0 Å². The molecule has 2 aromatic carbocycles. The van der Waals surface area contributed by atoms with Gasteiger partial charge in [0.2, 0.25) is 5.95 Å². The Labute approximate surface area is 173 Å². The molecule has 152 valence electrons. The van der Waals surface area contributed by atoms with Gasteiger partial charge in [-0.3, -0.25) is 4.79 Å². The molecule has 0 fully saturated rings. The van der Waals surface area contributed by atoms with Crippen LogP contribution in [0.3, 0.4) is 0 Å². The Morgan fingerprint density at radius 3 is 2.83 bits per heavy atom. The molecule has 8 nitrogen and oxygen atoms in total. The van der Waals surface area contributed by atoms with Crippen molar-refractivity contribution in [3.8, 4) is 11.5 Å². The number of methoxy groups -OCH3 is 1. The number of ether oxygens (including phenoxy) is 2. The molecule has 3 aromatic rings. The lowest BCUT2D eigenvalue weighted by atomic mass is 9.85. The molecule has 1 aliphatic carbocycles. The van der Waals surface area contributed by atoms with Gasteiger partial charge in [-0.1, -0.05) is 41.5 Å². The molecule has 0 bridgehead atoms. The maximum absolute atomic E-state index is 12.8. The minimum absolute atomic E-state index is 0.123. The van der Waals surface area contributed by atoms with Crippen LogP contribution >= 0.6 is 0 Å². The number of nitrogens with zero attached hydrogens (tertiary/aromatic N) is 4. The number of tetrazole rings is 1. The second kappa shape index (κ2) is 7.62. The molecule has 0 spiro atoms. The molecule has 0 amide bonds. The van der Waals surface area contributed by atoms with E-state index < -0.39 is 6.04 Å². The highest BCUT2D eigenvalue weighted by molar-refractivity contribution is 5.99. The molecule has 0 saturated heterocycles. The van der Waals surface area contributed by atoms with Crippen molar-refractivity contribution in [1.29, 1.82) is 0 Å². The first-order valence-corrected chi connectivity index (χ1v) is 9.90. The second-order valence-corrected chi connectivity index (χ2v) is 7.33. The third-order valence-electron chi connectivity index (χ3n) is 5.47. The highest BCUT2D eigenvalue weighted by Crippen LogP contribution is 2.41. The summed E-state index contributed by atoms with van der Waals surface area (Å²) in [5.74, 6) is 1.90. The zero-order valence-electron chi connectivity index (χ0n) is 16.5. The fourth-order valence-electron chi connectivity index (χ4n) is 4.03. The Balaban J connectivity index is 1.50. The predicted octanol–water partition coefficient (Wildman–Crippen LogP) is 3.28. The van der Waals surface area contributed by atoms with Crippen molar-refractivity contribution in [2.45, 2.75) is 31.9 Å². The molecule has 1 aromatic heterocycles. The Morgan fingerprint density at radius 1 is 1.13 bits per heavy atom. The quantitative estimate of drug-likeness (QED) is 0.699. The zero-order valence-corrected chi connectivity index (χ0v) is 16.5. The minimum atomic E-state index is -0.392. The Morgan fingerprint density at radius 2 is 2.00 bits per heavy atom. The Bertz CT molecular complexity index is 1120. The maximum atomic E-state index is 12.8. The monoisotopic (exact) mass is 403 g/mol. The predicted molar refractivity (Wildman–Crippen MR) is 109 cm³/mol. The number of carbonyl (C=O) groups excluding carboxylic acids is 1. The third-order valence-corrected chi connectivity index (χ3v) is 5.47. The van der Waals surface area contributed by atoms with Crippen LogP contribution in [0.1, 0.15) is 36.4 Å². The van der Waals surface area contributed by atoms with Crippen molar-refractivity contribution in [2.24, 2.45) is 0 Å². The van der Waals surface area contributed by atoms with Crippen LogP contribution in [0.15, 0.2) is 59.8 Å². The number of anilines is 1. The van der Waals surface area contributed by atoms with Gasteiger partial charge in [0.1, 0.15) is 12.6 Å². The number of carbonyl (C=O) groups is 1. The summed E-state index contributed by atoms with van der Waals surface area (Å²) >= 11 is 0. The van der Waals surface area contributed by atoms with E-state index in [1.54, 1.807) is 11.8 Å². The normalized spacial score (nSPS) is 17.8. The number of benzene rings is 2. The van der Waals surface area contributed by atoms with Crippen LogP contribution in [0.2, 0.25) is 0 Å². The summed E-state index contributed by atoms with van der Waals surface area (Å²) in [6.07, 6.45) is 2.16. The lowest BCUT2D eigenvalue weighted by Crippen LogP contribution is -2.31. The standard InChI is InChI=1S/C22H21N5O3/c1-29-19-12-15(10-11-18(19)30-13-14-6-3-2-4-7-14)21-20-16(8-5-9-17(20)28)23-22-24-25-26-27(21)22/h2-4,6-7,10-12,21H,5,8-9,13H2,1H3,(H,23,24,26)/t21-/m1/s1. The van der Waals surface area contributed by atoms with E-state index in [9.17, 15) is 4.79 Å². The van der Waals surface area contributed by atoms with Crippen LogP contribution in [0.5, 0.6) is 11.5 Å². The van der Waals surface area contributed by atoms with Crippen LogP contribution in [-0.2, 0) is 11.4 Å². The van der Waals surface area contributed by atoms with Crippen molar-refractivity contribution < 1.29 is 14.3 Å². The molecule has 1 aliphatic heterocycles. The maximum Gasteiger partial charge on any atom is 0.248 e. The first-order valence-electron chi connectivity index (χ1n) is 9.90. The Hall–Kier alpha value is -3.68. The number of hydrogen-bond donors (Lipinski definition) is 1. The van der Waals surface area contributed by atoms with Crippen molar-refractivity contribution in [2.75, 3.05) is 12.4 Å². The topological polar surface area (TPSA) is 91.2 Å². The number of fused-ring (bicyclic) bond motifs is 1. The highest BCUT2D eigenvalue weighted by Gasteiger charge is 2.36. The van der Waals surface area contributed by atoms with Crippen molar-refractivity contribution in [3.05, 3.63) is 70.9 Å². The molecule has 2 aliphatic rings. The van der Waals surface area contributed by atoms with Crippen LogP contribution in [0.4, 0.5) is 5.95 Å². The van der Waals surface area contributed by atoms with E-state index in [0.717, 1.165) is 35.2 Å². The SMILES string of the molecule is COc1cc([C@@H]2C3=C(CCCC3=O)Nc3nnnn32)ccc1OCc1ccccc1. The lowest BCUT2D eigenvalue weighted by molar-refractivity contribution is -0.116. The fourth-order valence-corrected chi connectivity index (χ4v) is 4.03. The van der Waals surface area contributed by atoms with Gasteiger partial charge in [0, 0.05) is 17.7 Å². The van der Waals surface area contributed by atoms with Gasteiger partial charge in [-0.25, -0.2) is 0 Å². The largest absolute Gasteiger partial charge is 0.493 e. The van der Waals surface area contributed by atoms with E-state index in [0.29, 0.717) is 30.5 Å². The minimum Gasteiger partial charge on any atom is -0.493 e. The molecular formula is C22H21N5O3. The van der Waals surface area contributed by atoms with Gasteiger partial charge >= 0.3 is 0 Å². The Kier molecular flexibility index (Phi) is 4.66. The molecule has 1 N–H and O–H groups in total. The first-order chi connectivity index (χ1) is 14.7. The average molecular weight is 403 g/mol. The van der Waals surface area contributed by atoms with E-state index >= 15 is 0 Å². The molecule has 0 radical (unpaired) electrons. The number of ketones is 1. The molecular weight excluding hydrogens is 382 g/mol. The van der Waals surface area contributed by atoms with Crippen molar-refractivity contribution >= 4 is 11.7 Å². The zero-order chi connectivity index (χ0) is 20.5. The number of nitrogens with one attached hydrogen (secondary N) is 1. The lowest BCUT2D eigenvalue weighted by Gasteiger charge is -2.31. The second-order valence-electron chi connectivity index (χ2n) is 7.33. The van der Waals surface area contributed by atoms with Gasteiger partial charge in [0.15, 0.2) is 17.3 Å². The summed E-state index contributed by atoms with van der Waals surface area (Å²) in [4.78, 5) is 12.8. The first kappa shape index (κ1) is 18.4. The van der Waals surface area contributed by atoms with Gasteiger partial charge < -0.3 is 14.8 Å². The molecule has 5 rings (SSSR count). The summed E-state index contributed by atoms with van der Waals surface area (Å²) in [7, 11) is 1.61. The molecule has 2 heterocycles.